The van der Waals surface area contributed by atoms with Gasteiger partial charge in [-0.1, -0.05) is 6.42 Å². The Morgan fingerprint density at radius 1 is 1.35 bits per heavy atom. The molecule has 0 aliphatic rings. The van der Waals surface area contributed by atoms with Gasteiger partial charge in [0.05, 0.1) is 12.7 Å². The molecule has 0 aliphatic heterocycles. The summed E-state index contributed by atoms with van der Waals surface area (Å²) < 4.78 is 5.25. The van der Waals surface area contributed by atoms with Crippen LogP contribution in [0.2, 0.25) is 6.04 Å². The van der Waals surface area contributed by atoms with Gasteiger partial charge in [0.1, 0.15) is 6.10 Å². The Labute approximate surface area is 104 Å². The molecule has 0 aromatic heterocycles. The maximum absolute atomic E-state index is 9.24. The van der Waals surface area contributed by atoms with Gasteiger partial charge in [-0.25, -0.2) is 0 Å². The molecule has 4 N–H and O–H groups in total. The maximum atomic E-state index is 9.24. The molecule has 104 valence electrons. The van der Waals surface area contributed by atoms with E-state index in [0.29, 0.717) is 6.42 Å². The first kappa shape index (κ1) is 18.9. The number of carboxylic acid groups (broad SMARTS) is 1. The molecule has 0 aromatic carbocycles. The number of carboxylic acids is 1. The maximum Gasteiger partial charge on any atom is 0.300 e. The minimum absolute atomic E-state index is 0.371. The molecule has 0 spiro atoms. The van der Waals surface area contributed by atoms with Crippen molar-refractivity contribution in [2.24, 2.45) is 0 Å². The third-order valence-electron chi connectivity index (χ3n) is 1.87. The fourth-order valence-corrected chi connectivity index (χ4v) is 2.00. The van der Waals surface area contributed by atoms with Crippen LogP contribution in [0.15, 0.2) is 0 Å². The van der Waals surface area contributed by atoms with Gasteiger partial charge in [0, 0.05) is 13.5 Å². The van der Waals surface area contributed by atoms with Crippen LogP contribution in [0, 0.1) is 0 Å². The van der Waals surface area contributed by atoms with Gasteiger partial charge < -0.3 is 24.9 Å². The van der Waals surface area contributed by atoms with Crippen LogP contribution in [0.1, 0.15) is 26.7 Å². The van der Waals surface area contributed by atoms with E-state index in [1.54, 1.807) is 0 Å². The van der Waals surface area contributed by atoms with E-state index in [4.69, 9.17) is 24.5 Å². The third-order valence-corrected chi connectivity index (χ3v) is 3.36. The fraction of sp³-hybridized carbons (Fsp3) is 0.900. The Kier molecular flexibility index (Phi) is 15.1. The van der Waals surface area contributed by atoms with E-state index in [-0.39, 0.29) is 6.61 Å². The lowest BCUT2D eigenvalue weighted by atomic mass is 10.1. The Morgan fingerprint density at radius 3 is 2.29 bits per heavy atom. The zero-order valence-corrected chi connectivity index (χ0v) is 11.9. The molecule has 0 aliphatic carbocycles. The van der Waals surface area contributed by atoms with Gasteiger partial charge in [-0.15, -0.1) is 0 Å². The zero-order chi connectivity index (χ0) is 13.7. The number of hydrogen-bond acceptors (Lipinski definition) is 5. The van der Waals surface area contributed by atoms with Crippen molar-refractivity contribution < 1.29 is 29.6 Å². The van der Waals surface area contributed by atoms with Crippen LogP contribution in [-0.4, -0.2) is 61.6 Å². The standard InChI is InChI=1S/C8H20O4Si.C2H4O2/c1-2-12-13-5-3-4-7(10)8(11)6-9;1-2(3)4/h7-11H,2-6,13H2,1H3;1H3,(H,3,4). The van der Waals surface area contributed by atoms with Crippen LogP contribution in [0.5, 0.6) is 0 Å². The van der Waals surface area contributed by atoms with Crippen molar-refractivity contribution >= 4 is 15.7 Å². The number of aliphatic hydroxyl groups excluding tert-OH is 3. The van der Waals surface area contributed by atoms with Crippen molar-refractivity contribution in [3.63, 3.8) is 0 Å². The Bertz CT molecular complexity index is 174. The number of hydrogen-bond donors (Lipinski definition) is 4. The summed E-state index contributed by atoms with van der Waals surface area (Å²) >= 11 is 0. The number of aliphatic hydroxyl groups is 3. The summed E-state index contributed by atoms with van der Waals surface area (Å²) in [6.07, 6.45) is -0.374. The number of aliphatic carboxylic acids is 1. The Hall–Kier alpha value is -0.473. The molecule has 2 atom stereocenters. The summed E-state index contributed by atoms with van der Waals surface area (Å²) in [4.78, 5) is 9.00. The molecule has 17 heavy (non-hydrogen) atoms. The fourth-order valence-electron chi connectivity index (χ4n) is 1.02. The summed E-state index contributed by atoms with van der Waals surface area (Å²) in [7, 11) is -0.418. The highest BCUT2D eigenvalue weighted by atomic mass is 28.2. The molecular weight excluding hydrogens is 244 g/mol. The molecule has 0 saturated carbocycles. The predicted molar refractivity (Wildman–Crippen MR) is 66.6 cm³/mol. The molecule has 0 fully saturated rings. The van der Waals surface area contributed by atoms with E-state index in [9.17, 15) is 5.11 Å². The highest BCUT2D eigenvalue weighted by molar-refractivity contribution is 6.26. The quantitative estimate of drug-likeness (QED) is 0.336. The highest BCUT2D eigenvalue weighted by Crippen LogP contribution is 2.04. The first-order valence-corrected chi connectivity index (χ1v) is 7.27. The molecule has 0 saturated heterocycles. The highest BCUT2D eigenvalue weighted by Gasteiger charge is 2.13. The minimum atomic E-state index is -0.992. The molecule has 0 radical (unpaired) electrons. The third kappa shape index (κ3) is 18.1. The summed E-state index contributed by atoms with van der Waals surface area (Å²) in [6, 6.07) is 1.02. The van der Waals surface area contributed by atoms with E-state index in [0.717, 1.165) is 26.0 Å². The van der Waals surface area contributed by atoms with Crippen molar-refractivity contribution in [2.75, 3.05) is 13.2 Å². The molecule has 2 unspecified atom stereocenters. The normalized spacial score (nSPS) is 14.2. The topological polar surface area (TPSA) is 107 Å². The zero-order valence-electron chi connectivity index (χ0n) is 10.5. The van der Waals surface area contributed by atoms with Crippen molar-refractivity contribution in [2.45, 2.75) is 44.9 Å². The summed E-state index contributed by atoms with van der Waals surface area (Å²) in [5.41, 5.74) is 0. The minimum Gasteiger partial charge on any atom is -0.481 e. The number of rotatable bonds is 8. The summed E-state index contributed by atoms with van der Waals surface area (Å²) in [6.45, 7) is 3.45. The lowest BCUT2D eigenvalue weighted by Crippen LogP contribution is -2.29. The Morgan fingerprint density at radius 2 is 1.88 bits per heavy atom. The molecule has 0 amide bonds. The van der Waals surface area contributed by atoms with E-state index in [2.05, 4.69) is 0 Å². The molecule has 0 aromatic rings. The van der Waals surface area contributed by atoms with Crippen LogP contribution in [-0.2, 0) is 9.22 Å². The van der Waals surface area contributed by atoms with Crippen LogP contribution in [0.25, 0.3) is 0 Å². The average Bonchev–Trinajstić information content (AvgIpc) is 2.26. The lowest BCUT2D eigenvalue weighted by molar-refractivity contribution is -0.134. The Balaban J connectivity index is 0. The van der Waals surface area contributed by atoms with Crippen molar-refractivity contribution in [3.8, 4) is 0 Å². The summed E-state index contributed by atoms with van der Waals surface area (Å²) in [5.74, 6) is -0.833. The predicted octanol–water partition coefficient (Wildman–Crippen LogP) is -0.890. The van der Waals surface area contributed by atoms with Gasteiger partial charge in [-0.3, -0.25) is 4.79 Å². The van der Waals surface area contributed by atoms with Crippen LogP contribution >= 0.6 is 0 Å². The molecule has 0 rings (SSSR count). The smallest absolute Gasteiger partial charge is 0.300 e. The summed E-state index contributed by atoms with van der Waals surface area (Å²) in [5, 5.41) is 34.2. The van der Waals surface area contributed by atoms with Gasteiger partial charge in [0.25, 0.3) is 5.97 Å². The second-order valence-electron chi connectivity index (χ2n) is 3.53. The van der Waals surface area contributed by atoms with Crippen molar-refractivity contribution in [1.82, 2.24) is 0 Å². The molecular formula is C10H24O6Si. The lowest BCUT2D eigenvalue weighted by Gasteiger charge is -2.14. The van der Waals surface area contributed by atoms with Gasteiger partial charge >= 0.3 is 0 Å². The molecule has 0 bridgehead atoms. The van der Waals surface area contributed by atoms with E-state index in [1.807, 2.05) is 6.92 Å². The van der Waals surface area contributed by atoms with E-state index in [1.165, 1.54) is 0 Å². The molecule has 0 heterocycles. The van der Waals surface area contributed by atoms with Crippen LogP contribution in [0.3, 0.4) is 0 Å². The second-order valence-corrected chi connectivity index (χ2v) is 5.05. The van der Waals surface area contributed by atoms with Crippen molar-refractivity contribution in [1.29, 1.82) is 0 Å². The first-order chi connectivity index (χ1) is 7.95. The largest absolute Gasteiger partial charge is 0.481 e. The molecule has 7 heteroatoms. The van der Waals surface area contributed by atoms with Crippen LogP contribution in [0.4, 0.5) is 0 Å². The van der Waals surface area contributed by atoms with Crippen LogP contribution < -0.4 is 0 Å². The molecule has 6 nitrogen and oxygen atoms in total. The monoisotopic (exact) mass is 268 g/mol. The average molecular weight is 268 g/mol. The van der Waals surface area contributed by atoms with Gasteiger partial charge in [0.15, 0.2) is 9.76 Å². The van der Waals surface area contributed by atoms with Gasteiger partial charge in [-0.2, -0.15) is 0 Å². The van der Waals surface area contributed by atoms with Crippen molar-refractivity contribution in [3.05, 3.63) is 0 Å². The first-order valence-electron chi connectivity index (χ1n) is 5.69. The SMILES string of the molecule is CC(=O)O.CCO[SiH2]CCCC(O)C(O)CO. The second kappa shape index (κ2) is 13.6. The van der Waals surface area contributed by atoms with Gasteiger partial charge in [-0.05, 0) is 19.4 Å². The van der Waals surface area contributed by atoms with E-state index < -0.39 is 27.9 Å². The number of carbonyl (C=O) groups is 1. The van der Waals surface area contributed by atoms with E-state index >= 15 is 0 Å². The van der Waals surface area contributed by atoms with Gasteiger partial charge in [0.2, 0.25) is 0 Å².